The van der Waals surface area contributed by atoms with Crippen LogP contribution in [-0.2, 0) is 17.3 Å². The standard InChI is InChI=1S/C49H33N3.C33H23ClN2.C17H11/c1-49(2)41-20-10-7-16-34(41)35-24-23-32(28-42(35)49)47-39-19-8-11-21-43(39)50-48(51-47)38-25-26-45(36-17-6-5-15-33(36)38)52-44-22-12-9-18-37(44)40-27-30-13-3-4-14-31(30)29-46(40)52;1-33(2)27-13-7-5-10-22(27)23-16-15-20(19-28(23)33)31-26-12-6-8-14-30(26)35-32(36-31)25-17-18-29(34)24-11-4-3-9-21(24)25;1-2-6-13-11-17-15(9-12(13)5-1)10-14-7-3-4-8-16(14)17/h3-29H,1-2H3;3-19H,1-2H3;1-2,4-9,11H,10H2/q;;+1. The molecule has 0 aliphatic heterocycles. The molecule has 4 aliphatic carbocycles. The van der Waals surface area contributed by atoms with E-state index in [2.05, 4.69) is 317 Å². The number of hydrogen-bond acceptors (Lipinski definition) is 4. The molecule has 0 unspecified atom stereocenters. The zero-order chi connectivity index (χ0) is 70.2. The first kappa shape index (κ1) is 62.1. The Morgan fingerprint density at radius 2 is 0.800 bits per heavy atom. The number of benzene rings is 15. The average molecular weight is 1360 g/mol. The van der Waals surface area contributed by atoms with E-state index in [9.17, 15) is 0 Å². The van der Waals surface area contributed by atoms with Crippen LogP contribution in [0.2, 0.25) is 5.02 Å². The molecular formula is C99H67ClN5+. The van der Waals surface area contributed by atoms with Crippen molar-refractivity contribution in [1.29, 1.82) is 0 Å². The summed E-state index contributed by atoms with van der Waals surface area (Å²) in [6.07, 6.45) is 10.5. The van der Waals surface area contributed by atoms with E-state index in [0.29, 0.717) is 5.82 Å². The van der Waals surface area contributed by atoms with Crippen LogP contribution in [0.3, 0.4) is 0 Å². The Hall–Kier alpha value is -12.8. The summed E-state index contributed by atoms with van der Waals surface area (Å²) in [5.74, 6) is 1.44. The fourth-order valence-electron chi connectivity index (χ4n) is 17.3. The molecule has 0 spiro atoms. The second kappa shape index (κ2) is 24.2. The van der Waals surface area contributed by atoms with Gasteiger partial charge in [-0.25, -0.2) is 19.9 Å². The molecule has 3 heterocycles. The van der Waals surface area contributed by atoms with E-state index in [4.69, 9.17) is 31.5 Å². The van der Waals surface area contributed by atoms with E-state index in [1.165, 1.54) is 110 Å². The van der Waals surface area contributed by atoms with Crippen molar-refractivity contribution in [3.05, 3.63) is 372 Å². The molecular weight excluding hydrogens is 1290 g/mol. The molecule has 22 rings (SSSR count). The monoisotopic (exact) mass is 1360 g/mol. The third-order valence-corrected chi connectivity index (χ3v) is 22.9. The minimum atomic E-state index is -0.0985. The summed E-state index contributed by atoms with van der Waals surface area (Å²) >= 11 is 6.52. The molecule has 3 aromatic heterocycles. The van der Waals surface area contributed by atoms with Gasteiger partial charge in [-0.3, -0.25) is 0 Å². The Kier molecular flexibility index (Phi) is 14.3. The molecule has 105 heavy (non-hydrogen) atoms. The zero-order valence-electron chi connectivity index (χ0n) is 58.4. The van der Waals surface area contributed by atoms with Gasteiger partial charge in [-0.05, 0) is 161 Å². The maximum Gasteiger partial charge on any atom is 0.161 e. The fraction of sp³-hybridized carbons (Fsp3) is 0.0707. The summed E-state index contributed by atoms with van der Waals surface area (Å²) < 4.78 is 2.43. The van der Waals surface area contributed by atoms with E-state index < -0.39 is 0 Å². The first-order valence-corrected chi connectivity index (χ1v) is 36.5. The summed E-state index contributed by atoms with van der Waals surface area (Å²) in [5.41, 5.74) is 27.7. The van der Waals surface area contributed by atoms with Crippen LogP contribution < -0.4 is 0 Å². The number of allylic oxidation sites excluding steroid dienone is 6. The van der Waals surface area contributed by atoms with Crippen LogP contribution in [0.25, 0.3) is 166 Å². The Morgan fingerprint density at radius 1 is 0.343 bits per heavy atom. The highest BCUT2D eigenvalue weighted by Crippen LogP contribution is 2.52. The highest BCUT2D eigenvalue weighted by molar-refractivity contribution is 6.36. The highest BCUT2D eigenvalue weighted by Gasteiger charge is 2.37. The van der Waals surface area contributed by atoms with Gasteiger partial charge in [0.25, 0.3) is 0 Å². The number of nitrogens with zero attached hydrogens (tertiary/aromatic N) is 5. The van der Waals surface area contributed by atoms with Crippen LogP contribution in [0.5, 0.6) is 0 Å². The van der Waals surface area contributed by atoms with Crippen LogP contribution in [0.15, 0.2) is 327 Å². The van der Waals surface area contributed by atoms with Gasteiger partial charge in [0.2, 0.25) is 0 Å². The number of fused-ring (bicyclic) bond motifs is 17. The van der Waals surface area contributed by atoms with Gasteiger partial charge >= 0.3 is 0 Å². The van der Waals surface area contributed by atoms with Crippen molar-refractivity contribution in [1.82, 2.24) is 24.5 Å². The molecule has 15 aromatic carbocycles. The van der Waals surface area contributed by atoms with Crippen molar-refractivity contribution in [2.45, 2.75) is 44.9 Å². The maximum atomic E-state index is 6.52. The summed E-state index contributed by atoms with van der Waals surface area (Å²) in [4.78, 5) is 20.8. The van der Waals surface area contributed by atoms with E-state index in [1.807, 2.05) is 42.5 Å². The Balaban J connectivity index is 0.000000118. The number of halogens is 1. The molecule has 494 valence electrons. The van der Waals surface area contributed by atoms with Crippen LogP contribution in [0.4, 0.5) is 0 Å². The first-order chi connectivity index (χ1) is 51.5. The smallest absolute Gasteiger partial charge is 0.161 e. The van der Waals surface area contributed by atoms with Crippen molar-refractivity contribution in [2.24, 2.45) is 0 Å². The van der Waals surface area contributed by atoms with Crippen LogP contribution in [0, 0.1) is 6.08 Å². The maximum absolute atomic E-state index is 6.52. The Bertz CT molecular complexity index is 6840. The number of hydrogen-bond donors (Lipinski definition) is 0. The Labute approximate surface area is 614 Å². The van der Waals surface area contributed by atoms with E-state index >= 15 is 0 Å². The molecule has 0 N–H and O–H groups in total. The van der Waals surface area contributed by atoms with Gasteiger partial charge in [-0.1, -0.05) is 264 Å². The molecule has 0 fully saturated rings. The van der Waals surface area contributed by atoms with Gasteiger partial charge in [0.15, 0.2) is 11.6 Å². The third-order valence-electron chi connectivity index (χ3n) is 22.5. The number of rotatable bonds is 5. The lowest BCUT2D eigenvalue weighted by atomic mass is 9.82. The van der Waals surface area contributed by atoms with Gasteiger partial charge < -0.3 is 4.57 Å². The molecule has 0 bridgehead atoms. The summed E-state index contributed by atoms with van der Waals surface area (Å²) in [5, 5.41) is 14.8. The lowest BCUT2D eigenvalue weighted by molar-refractivity contribution is 0.660. The van der Waals surface area contributed by atoms with Crippen molar-refractivity contribution in [3.63, 3.8) is 0 Å². The molecule has 0 saturated heterocycles. The highest BCUT2D eigenvalue weighted by atomic mass is 35.5. The molecule has 0 amide bonds. The lowest BCUT2D eigenvalue weighted by Crippen LogP contribution is -2.15. The molecule has 18 aromatic rings. The summed E-state index contributed by atoms with van der Waals surface area (Å²) in [7, 11) is 0. The third kappa shape index (κ3) is 10.0. The molecule has 0 radical (unpaired) electrons. The van der Waals surface area contributed by atoms with Crippen LogP contribution >= 0.6 is 11.6 Å². The van der Waals surface area contributed by atoms with E-state index in [1.54, 1.807) is 0 Å². The number of para-hydroxylation sites is 3. The van der Waals surface area contributed by atoms with Crippen LogP contribution in [0.1, 0.15) is 61.1 Å². The van der Waals surface area contributed by atoms with Gasteiger partial charge in [0.05, 0.1) is 56.4 Å². The molecule has 5 nitrogen and oxygen atoms in total. The predicted octanol–water partition coefficient (Wildman–Crippen LogP) is 25.8. The summed E-state index contributed by atoms with van der Waals surface area (Å²) in [6.45, 7) is 9.28. The molecule has 0 atom stereocenters. The lowest BCUT2D eigenvalue weighted by Gasteiger charge is -2.22. The normalized spacial score (nSPS) is 13.9. The van der Waals surface area contributed by atoms with E-state index in [-0.39, 0.29) is 10.8 Å². The first-order valence-electron chi connectivity index (χ1n) is 36.1. The number of aromatic nitrogens is 5. The molecule has 0 saturated carbocycles. The van der Waals surface area contributed by atoms with E-state index in [0.717, 1.165) is 99.9 Å². The van der Waals surface area contributed by atoms with Gasteiger partial charge in [-0.15, -0.1) is 0 Å². The topological polar surface area (TPSA) is 56.5 Å². The largest absolute Gasteiger partial charge is 0.309 e. The quantitative estimate of drug-likeness (QED) is 0.161. The van der Waals surface area contributed by atoms with Crippen molar-refractivity contribution in [2.75, 3.05) is 0 Å². The fourth-order valence-corrected chi connectivity index (χ4v) is 17.6. The van der Waals surface area contributed by atoms with Crippen molar-refractivity contribution >= 4 is 104 Å². The Morgan fingerprint density at radius 3 is 1.41 bits per heavy atom. The van der Waals surface area contributed by atoms with Crippen molar-refractivity contribution < 1.29 is 0 Å². The predicted molar refractivity (Wildman–Crippen MR) is 439 cm³/mol. The SMILES string of the molecule is CC1(C)c2ccccc2-c2ccc(-c3nc(-c4ccc(-n5c6ccccc6c6cc7ccccc7cc65)c5ccccc45)nc4ccccc34)cc21.CC1(C)c2ccccc2-c2ccc(-c3nc(-c4ccc(Cl)c5ccccc45)nc4ccccc34)cc21.[C+]1=CC2=C(C=C1)c1cc3ccccc3cc1C2. The zero-order valence-corrected chi connectivity index (χ0v) is 59.2. The van der Waals surface area contributed by atoms with Crippen molar-refractivity contribution in [3.8, 4) is 73.2 Å². The second-order valence-electron chi connectivity index (χ2n) is 29.2. The average Bonchev–Trinajstić information content (AvgIpc) is 1.66. The minimum absolute atomic E-state index is 0.0695. The minimum Gasteiger partial charge on any atom is -0.309 e. The second-order valence-corrected chi connectivity index (χ2v) is 29.6. The molecule has 4 aliphatic rings. The molecule has 6 heteroatoms. The van der Waals surface area contributed by atoms with Gasteiger partial charge in [0, 0.05) is 88.5 Å². The van der Waals surface area contributed by atoms with Gasteiger partial charge in [0.1, 0.15) is 12.2 Å². The van der Waals surface area contributed by atoms with Crippen LogP contribution in [-0.4, -0.2) is 24.5 Å². The summed E-state index contributed by atoms with van der Waals surface area (Å²) in [6, 6.07) is 108. The van der Waals surface area contributed by atoms with Gasteiger partial charge in [-0.2, -0.15) is 0 Å².